The number of ether oxygens (including phenoxy) is 2. The van der Waals surface area contributed by atoms with E-state index in [0.29, 0.717) is 27.8 Å². The first-order valence-electron chi connectivity index (χ1n) is 7.29. The number of carbonyl (C=O) groups is 1. The Morgan fingerprint density at radius 3 is 2.42 bits per heavy atom. The Hall–Kier alpha value is -2.53. The van der Waals surface area contributed by atoms with E-state index in [4.69, 9.17) is 21.1 Å². The Morgan fingerprint density at radius 2 is 1.79 bits per heavy atom. The molecule has 0 saturated heterocycles. The SMILES string of the molecule is COc1ccc(/C(C)=N/NC(=O)c2ccc(C)cc2Cl)cc1OC. The number of nitrogens with zero attached hydrogens (tertiary/aromatic N) is 1. The van der Waals surface area contributed by atoms with Gasteiger partial charge in [-0.1, -0.05) is 17.7 Å². The van der Waals surface area contributed by atoms with Crippen molar-refractivity contribution in [1.82, 2.24) is 5.43 Å². The third-order valence-corrected chi connectivity index (χ3v) is 3.81. The number of carbonyl (C=O) groups excluding carboxylic acids is 1. The predicted molar refractivity (Wildman–Crippen MR) is 95.4 cm³/mol. The maximum Gasteiger partial charge on any atom is 0.272 e. The van der Waals surface area contributed by atoms with Crippen molar-refractivity contribution in [3.8, 4) is 11.5 Å². The van der Waals surface area contributed by atoms with Gasteiger partial charge in [0.05, 0.1) is 30.5 Å². The van der Waals surface area contributed by atoms with Crippen molar-refractivity contribution in [3.05, 3.63) is 58.1 Å². The van der Waals surface area contributed by atoms with Crippen LogP contribution in [0.15, 0.2) is 41.5 Å². The van der Waals surface area contributed by atoms with Crippen molar-refractivity contribution < 1.29 is 14.3 Å². The fraction of sp³-hybridized carbons (Fsp3) is 0.222. The van der Waals surface area contributed by atoms with Gasteiger partial charge in [0.2, 0.25) is 0 Å². The molecule has 2 rings (SSSR count). The smallest absolute Gasteiger partial charge is 0.272 e. The van der Waals surface area contributed by atoms with Crippen LogP contribution in [0.2, 0.25) is 5.02 Å². The summed E-state index contributed by atoms with van der Waals surface area (Å²) in [5.41, 5.74) is 5.32. The monoisotopic (exact) mass is 346 g/mol. The minimum absolute atomic E-state index is 0.361. The molecule has 2 aromatic rings. The fourth-order valence-corrected chi connectivity index (χ4v) is 2.45. The van der Waals surface area contributed by atoms with Gasteiger partial charge in [0.15, 0.2) is 11.5 Å². The molecule has 24 heavy (non-hydrogen) atoms. The molecule has 0 unspecified atom stereocenters. The van der Waals surface area contributed by atoms with Gasteiger partial charge in [-0.3, -0.25) is 4.79 Å². The van der Waals surface area contributed by atoms with Crippen LogP contribution in [0.25, 0.3) is 0 Å². The lowest BCUT2D eigenvalue weighted by Crippen LogP contribution is -2.19. The molecule has 6 heteroatoms. The lowest BCUT2D eigenvalue weighted by molar-refractivity contribution is 0.0955. The second kappa shape index (κ2) is 7.84. The summed E-state index contributed by atoms with van der Waals surface area (Å²) >= 11 is 6.09. The predicted octanol–water partition coefficient (Wildman–Crippen LogP) is 3.82. The van der Waals surface area contributed by atoms with E-state index in [1.807, 2.05) is 19.1 Å². The van der Waals surface area contributed by atoms with E-state index in [-0.39, 0.29) is 5.91 Å². The first-order valence-corrected chi connectivity index (χ1v) is 7.67. The fourth-order valence-electron chi connectivity index (χ4n) is 2.12. The van der Waals surface area contributed by atoms with Crippen molar-refractivity contribution in [3.63, 3.8) is 0 Å². The minimum atomic E-state index is -0.361. The van der Waals surface area contributed by atoms with Gasteiger partial charge in [0.1, 0.15) is 0 Å². The molecule has 0 aliphatic rings. The van der Waals surface area contributed by atoms with Gasteiger partial charge in [-0.15, -0.1) is 0 Å². The summed E-state index contributed by atoms with van der Waals surface area (Å²) in [6.45, 7) is 3.70. The van der Waals surface area contributed by atoms with E-state index in [9.17, 15) is 4.79 Å². The van der Waals surface area contributed by atoms with Gasteiger partial charge in [0.25, 0.3) is 5.91 Å². The average molecular weight is 347 g/mol. The molecular formula is C18H19ClN2O3. The summed E-state index contributed by atoms with van der Waals surface area (Å²) in [6, 6.07) is 10.7. The molecule has 0 fully saturated rings. The van der Waals surface area contributed by atoms with Crippen LogP contribution in [0.5, 0.6) is 11.5 Å². The summed E-state index contributed by atoms with van der Waals surface area (Å²) in [7, 11) is 3.14. The van der Waals surface area contributed by atoms with Crippen molar-refractivity contribution >= 4 is 23.2 Å². The largest absolute Gasteiger partial charge is 0.493 e. The molecule has 0 aromatic heterocycles. The molecule has 126 valence electrons. The number of hydrazone groups is 1. The van der Waals surface area contributed by atoms with Crippen molar-refractivity contribution in [2.45, 2.75) is 13.8 Å². The summed E-state index contributed by atoms with van der Waals surface area (Å²) < 4.78 is 10.5. The molecular weight excluding hydrogens is 328 g/mol. The summed E-state index contributed by atoms with van der Waals surface area (Å²) in [5.74, 6) is 0.863. The number of halogens is 1. The highest BCUT2D eigenvalue weighted by Gasteiger charge is 2.11. The number of amides is 1. The second-order valence-corrected chi connectivity index (χ2v) is 5.60. The quantitative estimate of drug-likeness (QED) is 0.661. The molecule has 2 aromatic carbocycles. The molecule has 5 nitrogen and oxygen atoms in total. The molecule has 1 N–H and O–H groups in total. The van der Waals surface area contributed by atoms with Gasteiger partial charge in [-0.05, 0) is 49.7 Å². The number of aryl methyl sites for hydroxylation is 1. The normalized spacial score (nSPS) is 11.1. The van der Waals surface area contributed by atoms with Gasteiger partial charge >= 0.3 is 0 Å². The summed E-state index contributed by atoms with van der Waals surface area (Å²) in [5, 5.41) is 4.52. The first kappa shape index (κ1) is 17.8. The van der Waals surface area contributed by atoms with Crippen LogP contribution >= 0.6 is 11.6 Å². The van der Waals surface area contributed by atoms with Crippen LogP contribution in [0.1, 0.15) is 28.4 Å². The Labute approximate surface area is 146 Å². The van der Waals surface area contributed by atoms with Crippen LogP contribution in [0.3, 0.4) is 0 Å². The molecule has 0 heterocycles. The van der Waals surface area contributed by atoms with Crippen molar-refractivity contribution in [2.24, 2.45) is 5.10 Å². The Kier molecular flexibility index (Phi) is 5.82. The maximum atomic E-state index is 12.2. The van der Waals surface area contributed by atoms with E-state index >= 15 is 0 Å². The lowest BCUT2D eigenvalue weighted by Gasteiger charge is -2.09. The van der Waals surface area contributed by atoms with Gasteiger partial charge in [0, 0.05) is 5.56 Å². The number of rotatable bonds is 5. The highest BCUT2D eigenvalue weighted by Crippen LogP contribution is 2.27. The zero-order valence-electron chi connectivity index (χ0n) is 14.0. The van der Waals surface area contributed by atoms with Crippen LogP contribution < -0.4 is 14.9 Å². The van der Waals surface area contributed by atoms with Gasteiger partial charge in [-0.25, -0.2) is 5.43 Å². The highest BCUT2D eigenvalue weighted by molar-refractivity contribution is 6.33. The first-order chi connectivity index (χ1) is 11.5. The molecule has 0 radical (unpaired) electrons. The van der Waals surface area contributed by atoms with Crippen LogP contribution in [0, 0.1) is 6.92 Å². The van der Waals surface area contributed by atoms with E-state index in [1.165, 1.54) is 0 Å². The number of hydrogen-bond acceptors (Lipinski definition) is 4. The minimum Gasteiger partial charge on any atom is -0.493 e. The van der Waals surface area contributed by atoms with Crippen LogP contribution in [0.4, 0.5) is 0 Å². The van der Waals surface area contributed by atoms with E-state index in [0.717, 1.165) is 11.1 Å². The number of methoxy groups -OCH3 is 2. The lowest BCUT2D eigenvalue weighted by atomic mass is 10.1. The van der Waals surface area contributed by atoms with E-state index in [2.05, 4.69) is 10.5 Å². The summed E-state index contributed by atoms with van der Waals surface area (Å²) in [6.07, 6.45) is 0. The molecule has 0 bridgehead atoms. The third-order valence-electron chi connectivity index (χ3n) is 3.50. The Morgan fingerprint density at radius 1 is 1.08 bits per heavy atom. The maximum absolute atomic E-state index is 12.2. The molecule has 0 aliphatic heterocycles. The highest BCUT2D eigenvalue weighted by atomic mass is 35.5. The van der Waals surface area contributed by atoms with Crippen LogP contribution in [-0.2, 0) is 0 Å². The van der Waals surface area contributed by atoms with E-state index < -0.39 is 0 Å². The third kappa shape index (κ3) is 4.06. The van der Waals surface area contributed by atoms with E-state index in [1.54, 1.807) is 45.4 Å². The Bertz CT molecular complexity index is 788. The zero-order chi connectivity index (χ0) is 17.7. The molecule has 0 atom stereocenters. The van der Waals surface area contributed by atoms with Gasteiger partial charge in [-0.2, -0.15) is 5.10 Å². The zero-order valence-corrected chi connectivity index (χ0v) is 14.8. The number of nitrogens with one attached hydrogen (secondary N) is 1. The van der Waals surface area contributed by atoms with Gasteiger partial charge < -0.3 is 9.47 Å². The van der Waals surface area contributed by atoms with Crippen molar-refractivity contribution in [2.75, 3.05) is 14.2 Å². The second-order valence-electron chi connectivity index (χ2n) is 5.19. The standard InChI is InChI=1S/C18H19ClN2O3/c1-11-5-7-14(15(19)9-11)18(22)21-20-12(2)13-6-8-16(23-3)17(10-13)24-4/h5-10H,1-4H3,(H,21,22)/b20-12+. The number of benzene rings is 2. The van der Waals surface area contributed by atoms with Crippen LogP contribution in [-0.4, -0.2) is 25.8 Å². The molecule has 0 saturated carbocycles. The topological polar surface area (TPSA) is 59.9 Å². The summed E-state index contributed by atoms with van der Waals surface area (Å²) in [4.78, 5) is 12.2. The molecule has 1 amide bonds. The molecule has 0 spiro atoms. The van der Waals surface area contributed by atoms with Crippen molar-refractivity contribution in [1.29, 1.82) is 0 Å². The average Bonchev–Trinajstić information content (AvgIpc) is 2.58. The molecule has 0 aliphatic carbocycles. The Balaban J connectivity index is 2.18. The number of hydrogen-bond donors (Lipinski definition) is 1.